The first-order chi connectivity index (χ1) is 9.20. The van der Waals surface area contributed by atoms with Crippen LogP contribution in [0.5, 0.6) is 0 Å². The van der Waals surface area contributed by atoms with Gasteiger partial charge in [0.1, 0.15) is 0 Å². The van der Waals surface area contributed by atoms with Gasteiger partial charge in [-0.2, -0.15) is 11.3 Å². The second-order valence-corrected chi connectivity index (χ2v) is 6.68. The summed E-state index contributed by atoms with van der Waals surface area (Å²) in [5, 5.41) is 8.85. The highest BCUT2D eigenvalue weighted by molar-refractivity contribution is 7.22. The van der Waals surface area contributed by atoms with E-state index in [0.29, 0.717) is 6.04 Å². The topological polar surface area (TPSA) is 24.9 Å². The molecule has 0 radical (unpaired) electrons. The lowest BCUT2D eigenvalue weighted by Crippen LogP contribution is -2.17. The smallest absolute Gasteiger partial charge is 0.184 e. The van der Waals surface area contributed by atoms with Crippen molar-refractivity contribution in [2.75, 3.05) is 5.32 Å². The van der Waals surface area contributed by atoms with E-state index in [1.807, 2.05) is 0 Å². The van der Waals surface area contributed by atoms with E-state index in [0.717, 1.165) is 17.1 Å². The van der Waals surface area contributed by atoms with Gasteiger partial charge in [-0.15, -0.1) is 0 Å². The van der Waals surface area contributed by atoms with Crippen LogP contribution in [0.2, 0.25) is 0 Å². The molecule has 0 aliphatic heterocycles. The Morgan fingerprint density at radius 3 is 3.00 bits per heavy atom. The van der Waals surface area contributed by atoms with Crippen LogP contribution in [0.1, 0.15) is 18.1 Å². The number of nitrogens with one attached hydrogen (secondary N) is 1. The van der Waals surface area contributed by atoms with E-state index in [2.05, 4.69) is 59.2 Å². The molecule has 19 heavy (non-hydrogen) atoms. The number of thiophene rings is 1. The summed E-state index contributed by atoms with van der Waals surface area (Å²) in [7, 11) is 0. The van der Waals surface area contributed by atoms with Crippen LogP contribution >= 0.6 is 22.7 Å². The molecule has 3 rings (SSSR count). The number of rotatable bonds is 4. The Bertz CT molecular complexity index is 671. The zero-order chi connectivity index (χ0) is 13.2. The largest absolute Gasteiger partial charge is 0.359 e. The van der Waals surface area contributed by atoms with Crippen molar-refractivity contribution in [2.24, 2.45) is 0 Å². The van der Waals surface area contributed by atoms with Crippen LogP contribution in [0.4, 0.5) is 5.13 Å². The average molecular weight is 288 g/mol. The van der Waals surface area contributed by atoms with Gasteiger partial charge >= 0.3 is 0 Å². The van der Waals surface area contributed by atoms with Crippen molar-refractivity contribution in [3.05, 3.63) is 46.2 Å². The van der Waals surface area contributed by atoms with Gasteiger partial charge in [0.2, 0.25) is 0 Å². The number of thiazole rings is 1. The molecule has 0 aliphatic rings. The molecule has 4 heteroatoms. The van der Waals surface area contributed by atoms with Crippen LogP contribution in [-0.4, -0.2) is 11.0 Å². The van der Waals surface area contributed by atoms with Crippen LogP contribution < -0.4 is 5.32 Å². The number of fused-ring (bicyclic) bond motifs is 1. The van der Waals surface area contributed by atoms with Crippen LogP contribution in [0.25, 0.3) is 10.2 Å². The van der Waals surface area contributed by atoms with Gasteiger partial charge in [-0.3, -0.25) is 0 Å². The maximum absolute atomic E-state index is 4.65. The summed E-state index contributed by atoms with van der Waals surface area (Å²) < 4.78 is 1.25. The molecule has 0 saturated carbocycles. The van der Waals surface area contributed by atoms with Crippen molar-refractivity contribution >= 4 is 38.0 Å². The molecule has 1 N–H and O–H groups in total. The van der Waals surface area contributed by atoms with Gasteiger partial charge in [0.25, 0.3) is 0 Å². The van der Waals surface area contributed by atoms with E-state index in [9.17, 15) is 0 Å². The minimum absolute atomic E-state index is 0.399. The summed E-state index contributed by atoms with van der Waals surface area (Å²) in [6.07, 6.45) is 1.04. The minimum atomic E-state index is 0.399. The van der Waals surface area contributed by atoms with Gasteiger partial charge in [0.05, 0.1) is 10.2 Å². The van der Waals surface area contributed by atoms with E-state index in [1.165, 1.54) is 15.8 Å². The van der Waals surface area contributed by atoms with Gasteiger partial charge in [0.15, 0.2) is 5.13 Å². The predicted molar refractivity (Wildman–Crippen MR) is 85.5 cm³/mol. The number of hydrogen-bond donors (Lipinski definition) is 1. The Hall–Kier alpha value is -1.39. The molecule has 0 aliphatic carbocycles. The van der Waals surface area contributed by atoms with Gasteiger partial charge in [-0.1, -0.05) is 17.4 Å². The Morgan fingerprint density at radius 1 is 1.32 bits per heavy atom. The maximum atomic E-state index is 4.65. The van der Waals surface area contributed by atoms with E-state index in [1.54, 1.807) is 22.7 Å². The van der Waals surface area contributed by atoms with Gasteiger partial charge in [-0.25, -0.2) is 4.98 Å². The first-order valence-electron chi connectivity index (χ1n) is 6.35. The van der Waals surface area contributed by atoms with Crippen molar-refractivity contribution in [3.63, 3.8) is 0 Å². The SMILES string of the molecule is Cc1ccc2sc(NC(C)Cc3ccsc3)nc2c1. The second-order valence-electron chi connectivity index (χ2n) is 4.87. The summed E-state index contributed by atoms with van der Waals surface area (Å²) in [6, 6.07) is 9.01. The maximum Gasteiger partial charge on any atom is 0.184 e. The summed E-state index contributed by atoms with van der Waals surface area (Å²) in [6.45, 7) is 4.31. The third kappa shape index (κ3) is 2.96. The normalized spacial score (nSPS) is 12.7. The average Bonchev–Trinajstić information content (AvgIpc) is 2.97. The Kier molecular flexibility index (Phi) is 3.53. The summed E-state index contributed by atoms with van der Waals surface area (Å²) in [5.41, 5.74) is 3.74. The predicted octanol–water partition coefficient (Wildman–Crippen LogP) is 4.71. The fourth-order valence-electron chi connectivity index (χ4n) is 2.12. The molecular formula is C15H16N2S2. The summed E-state index contributed by atoms with van der Waals surface area (Å²) >= 11 is 3.48. The molecule has 3 aromatic rings. The molecule has 2 heterocycles. The molecule has 0 bridgehead atoms. The summed E-state index contributed by atoms with van der Waals surface area (Å²) in [5.74, 6) is 0. The minimum Gasteiger partial charge on any atom is -0.359 e. The van der Waals surface area contributed by atoms with Crippen LogP contribution in [0, 0.1) is 6.92 Å². The zero-order valence-corrected chi connectivity index (χ0v) is 12.6. The highest BCUT2D eigenvalue weighted by Crippen LogP contribution is 2.27. The van der Waals surface area contributed by atoms with Gasteiger partial charge in [0, 0.05) is 6.04 Å². The van der Waals surface area contributed by atoms with Crippen molar-refractivity contribution in [2.45, 2.75) is 26.3 Å². The molecule has 0 saturated heterocycles. The number of hydrogen-bond acceptors (Lipinski definition) is 4. The quantitative estimate of drug-likeness (QED) is 0.752. The Balaban J connectivity index is 1.74. The number of nitrogens with zero attached hydrogens (tertiary/aromatic N) is 1. The molecule has 0 amide bonds. The molecule has 2 aromatic heterocycles. The lowest BCUT2D eigenvalue weighted by molar-refractivity contribution is 0.791. The number of anilines is 1. The highest BCUT2D eigenvalue weighted by Gasteiger charge is 2.08. The van der Waals surface area contributed by atoms with Crippen LogP contribution in [-0.2, 0) is 6.42 Å². The molecule has 0 fully saturated rings. The molecular weight excluding hydrogens is 272 g/mol. The standard InChI is InChI=1S/C15H16N2S2/c1-10-3-4-14-13(7-10)17-15(19-14)16-11(2)8-12-5-6-18-9-12/h3-7,9,11H,8H2,1-2H3,(H,16,17). The van der Waals surface area contributed by atoms with Crippen LogP contribution in [0.3, 0.4) is 0 Å². The number of benzene rings is 1. The molecule has 98 valence electrons. The van der Waals surface area contributed by atoms with Crippen LogP contribution in [0.15, 0.2) is 35.0 Å². The highest BCUT2D eigenvalue weighted by atomic mass is 32.1. The molecule has 0 spiro atoms. The number of aryl methyl sites for hydroxylation is 1. The second kappa shape index (κ2) is 5.31. The van der Waals surface area contributed by atoms with Crippen molar-refractivity contribution < 1.29 is 0 Å². The van der Waals surface area contributed by atoms with E-state index in [-0.39, 0.29) is 0 Å². The Morgan fingerprint density at radius 2 is 2.21 bits per heavy atom. The van der Waals surface area contributed by atoms with E-state index in [4.69, 9.17) is 0 Å². The van der Waals surface area contributed by atoms with E-state index >= 15 is 0 Å². The van der Waals surface area contributed by atoms with E-state index < -0.39 is 0 Å². The third-order valence-electron chi connectivity index (χ3n) is 3.03. The fourth-order valence-corrected chi connectivity index (χ4v) is 3.76. The first kappa shape index (κ1) is 12.6. The fraction of sp³-hybridized carbons (Fsp3) is 0.267. The third-order valence-corrected chi connectivity index (χ3v) is 4.73. The molecule has 1 atom stereocenters. The Labute approximate surface area is 121 Å². The van der Waals surface area contributed by atoms with Crippen molar-refractivity contribution in [3.8, 4) is 0 Å². The monoisotopic (exact) mass is 288 g/mol. The molecule has 1 unspecified atom stereocenters. The summed E-state index contributed by atoms with van der Waals surface area (Å²) in [4.78, 5) is 4.65. The van der Waals surface area contributed by atoms with Gasteiger partial charge in [-0.05, 0) is 60.4 Å². The number of aromatic nitrogens is 1. The zero-order valence-electron chi connectivity index (χ0n) is 11.0. The van der Waals surface area contributed by atoms with Crippen molar-refractivity contribution in [1.29, 1.82) is 0 Å². The van der Waals surface area contributed by atoms with Crippen molar-refractivity contribution in [1.82, 2.24) is 4.98 Å². The van der Waals surface area contributed by atoms with Gasteiger partial charge < -0.3 is 5.32 Å². The first-order valence-corrected chi connectivity index (χ1v) is 8.11. The molecule has 2 nitrogen and oxygen atoms in total. The lowest BCUT2D eigenvalue weighted by Gasteiger charge is -2.11. The molecule has 1 aromatic carbocycles. The lowest BCUT2D eigenvalue weighted by atomic mass is 10.1.